The number of nitrogens with zero attached hydrogens (tertiary/aromatic N) is 3. The highest BCUT2D eigenvalue weighted by Gasteiger charge is 2.22. The Morgan fingerprint density at radius 3 is 2.79 bits per heavy atom. The zero-order valence-electron chi connectivity index (χ0n) is 10.8. The maximum absolute atomic E-state index is 12.4. The molecule has 0 bridgehead atoms. The smallest absolute Gasteiger partial charge is 0.272 e. The van der Waals surface area contributed by atoms with E-state index in [0.29, 0.717) is 16.9 Å². The molecule has 2 aromatic rings. The number of aromatic nitrogens is 3. The molecule has 100 valence electrons. The SMILES string of the molecule is Cc1cc(=O)n2[nH]cc(C(=O)N3CCCCC3)c2n1. The minimum absolute atomic E-state index is 0.0454. The van der Waals surface area contributed by atoms with E-state index in [1.54, 1.807) is 13.1 Å². The second-order valence-corrected chi connectivity index (χ2v) is 4.93. The van der Waals surface area contributed by atoms with Crippen LogP contribution in [0.1, 0.15) is 35.3 Å². The molecular formula is C13H16N4O2. The maximum atomic E-state index is 12.4. The fourth-order valence-electron chi connectivity index (χ4n) is 2.52. The van der Waals surface area contributed by atoms with E-state index < -0.39 is 0 Å². The number of H-pyrrole nitrogens is 1. The minimum Gasteiger partial charge on any atom is -0.338 e. The van der Waals surface area contributed by atoms with Crippen molar-refractivity contribution < 1.29 is 4.79 Å². The van der Waals surface area contributed by atoms with E-state index >= 15 is 0 Å². The van der Waals surface area contributed by atoms with Gasteiger partial charge in [0.05, 0.1) is 0 Å². The lowest BCUT2D eigenvalue weighted by molar-refractivity contribution is 0.0726. The molecule has 1 fully saturated rings. The van der Waals surface area contributed by atoms with Crippen LogP contribution in [0.3, 0.4) is 0 Å². The lowest BCUT2D eigenvalue weighted by Crippen LogP contribution is -2.35. The van der Waals surface area contributed by atoms with Gasteiger partial charge >= 0.3 is 0 Å². The topological polar surface area (TPSA) is 70.5 Å². The lowest BCUT2D eigenvalue weighted by Gasteiger charge is -2.26. The van der Waals surface area contributed by atoms with Crippen molar-refractivity contribution in [1.82, 2.24) is 19.5 Å². The quantitative estimate of drug-likeness (QED) is 0.830. The van der Waals surface area contributed by atoms with Crippen molar-refractivity contribution in [2.24, 2.45) is 0 Å². The van der Waals surface area contributed by atoms with Gasteiger partial charge in [-0.05, 0) is 26.2 Å². The molecular weight excluding hydrogens is 244 g/mol. The second-order valence-electron chi connectivity index (χ2n) is 4.93. The Hall–Kier alpha value is -2.11. The van der Waals surface area contributed by atoms with Crippen molar-refractivity contribution in [2.75, 3.05) is 13.1 Å². The highest BCUT2D eigenvalue weighted by Crippen LogP contribution is 2.15. The van der Waals surface area contributed by atoms with Crippen molar-refractivity contribution in [3.63, 3.8) is 0 Å². The summed E-state index contributed by atoms with van der Waals surface area (Å²) in [5.74, 6) is -0.0454. The van der Waals surface area contributed by atoms with E-state index in [2.05, 4.69) is 10.1 Å². The molecule has 6 nitrogen and oxygen atoms in total. The summed E-state index contributed by atoms with van der Waals surface area (Å²) in [6.07, 6.45) is 4.83. The molecule has 0 atom stereocenters. The van der Waals surface area contributed by atoms with Crippen LogP contribution in [0.25, 0.3) is 5.65 Å². The van der Waals surface area contributed by atoms with E-state index in [0.717, 1.165) is 25.9 Å². The van der Waals surface area contributed by atoms with E-state index in [-0.39, 0.29) is 11.5 Å². The molecule has 3 heterocycles. The number of amides is 1. The molecule has 1 N–H and O–H groups in total. The van der Waals surface area contributed by atoms with Gasteiger partial charge in [0, 0.05) is 31.0 Å². The predicted molar refractivity (Wildman–Crippen MR) is 70.3 cm³/mol. The van der Waals surface area contributed by atoms with Crippen LogP contribution in [0.2, 0.25) is 0 Å². The average molecular weight is 260 g/mol. The summed E-state index contributed by atoms with van der Waals surface area (Å²) < 4.78 is 1.31. The van der Waals surface area contributed by atoms with Crippen LogP contribution in [0, 0.1) is 6.92 Å². The summed E-state index contributed by atoms with van der Waals surface area (Å²) in [6.45, 7) is 3.32. The van der Waals surface area contributed by atoms with Crippen LogP contribution in [-0.4, -0.2) is 38.5 Å². The monoisotopic (exact) mass is 260 g/mol. The summed E-state index contributed by atoms with van der Waals surface area (Å²) in [5.41, 5.74) is 1.32. The first kappa shape index (κ1) is 12.0. The molecule has 0 aliphatic carbocycles. The van der Waals surface area contributed by atoms with Gasteiger partial charge in [-0.1, -0.05) is 0 Å². The zero-order valence-corrected chi connectivity index (χ0v) is 10.8. The molecule has 1 amide bonds. The van der Waals surface area contributed by atoms with Crippen molar-refractivity contribution >= 4 is 11.6 Å². The van der Waals surface area contributed by atoms with Crippen molar-refractivity contribution in [3.8, 4) is 0 Å². The van der Waals surface area contributed by atoms with Crippen LogP contribution >= 0.6 is 0 Å². The Labute approximate surface area is 110 Å². The first-order valence-corrected chi connectivity index (χ1v) is 6.54. The number of hydrogen-bond acceptors (Lipinski definition) is 3. The standard InChI is InChI=1S/C13H16N4O2/c1-9-7-11(18)17-12(15-9)10(8-14-17)13(19)16-5-3-2-4-6-16/h7-8,14H,2-6H2,1H3. The number of rotatable bonds is 1. The maximum Gasteiger partial charge on any atom is 0.272 e. The fourth-order valence-corrected chi connectivity index (χ4v) is 2.52. The van der Waals surface area contributed by atoms with Gasteiger partial charge in [-0.25, -0.2) is 9.50 Å². The first-order chi connectivity index (χ1) is 9.16. The third kappa shape index (κ3) is 2.03. The summed E-state index contributed by atoms with van der Waals surface area (Å²) in [7, 11) is 0. The third-order valence-electron chi connectivity index (χ3n) is 3.50. The molecule has 3 rings (SSSR count). The molecule has 2 aromatic heterocycles. The highest BCUT2D eigenvalue weighted by molar-refractivity contribution is 5.99. The van der Waals surface area contributed by atoms with Gasteiger partial charge in [-0.15, -0.1) is 0 Å². The van der Waals surface area contributed by atoms with Crippen LogP contribution in [-0.2, 0) is 0 Å². The number of carbonyl (C=O) groups excluding carboxylic acids is 1. The summed E-state index contributed by atoms with van der Waals surface area (Å²) in [6, 6.07) is 1.44. The van der Waals surface area contributed by atoms with Crippen LogP contribution in [0.4, 0.5) is 0 Å². The Balaban J connectivity index is 2.05. The van der Waals surface area contributed by atoms with Crippen LogP contribution in [0.15, 0.2) is 17.1 Å². The largest absolute Gasteiger partial charge is 0.338 e. The van der Waals surface area contributed by atoms with E-state index in [4.69, 9.17) is 0 Å². The highest BCUT2D eigenvalue weighted by atomic mass is 16.2. The number of aryl methyl sites for hydroxylation is 1. The Kier molecular flexibility index (Phi) is 2.85. The average Bonchev–Trinajstić information content (AvgIpc) is 2.83. The molecule has 1 saturated heterocycles. The van der Waals surface area contributed by atoms with Gasteiger partial charge < -0.3 is 4.90 Å². The number of fused-ring (bicyclic) bond motifs is 1. The Morgan fingerprint density at radius 1 is 1.32 bits per heavy atom. The van der Waals surface area contributed by atoms with Gasteiger partial charge in [-0.2, -0.15) is 0 Å². The molecule has 0 radical (unpaired) electrons. The Morgan fingerprint density at radius 2 is 2.05 bits per heavy atom. The van der Waals surface area contributed by atoms with Gasteiger partial charge in [-0.3, -0.25) is 14.7 Å². The Bertz CT molecular complexity index is 679. The molecule has 0 saturated carbocycles. The van der Waals surface area contributed by atoms with Crippen molar-refractivity contribution in [2.45, 2.75) is 26.2 Å². The van der Waals surface area contributed by atoms with Crippen molar-refractivity contribution in [1.29, 1.82) is 0 Å². The van der Waals surface area contributed by atoms with Gasteiger partial charge in [0.1, 0.15) is 5.56 Å². The van der Waals surface area contributed by atoms with Crippen molar-refractivity contribution in [3.05, 3.63) is 33.9 Å². The molecule has 0 unspecified atom stereocenters. The fraction of sp³-hybridized carbons (Fsp3) is 0.462. The van der Waals surface area contributed by atoms with E-state index in [1.807, 2.05) is 4.90 Å². The second kappa shape index (κ2) is 4.53. The number of carbonyl (C=O) groups is 1. The van der Waals surface area contributed by atoms with Crippen LogP contribution in [0.5, 0.6) is 0 Å². The zero-order chi connectivity index (χ0) is 13.4. The number of likely N-dealkylation sites (tertiary alicyclic amines) is 1. The predicted octanol–water partition coefficient (Wildman–Crippen LogP) is 0.957. The summed E-state index contributed by atoms with van der Waals surface area (Å²) in [4.78, 5) is 30.4. The first-order valence-electron chi connectivity index (χ1n) is 6.54. The van der Waals surface area contributed by atoms with E-state index in [9.17, 15) is 9.59 Å². The summed E-state index contributed by atoms with van der Waals surface area (Å²) in [5, 5.41) is 2.80. The normalized spacial score (nSPS) is 15.9. The van der Waals surface area contributed by atoms with Crippen LogP contribution < -0.4 is 5.56 Å². The molecule has 0 aromatic carbocycles. The molecule has 1 aliphatic heterocycles. The molecule has 1 aliphatic rings. The van der Waals surface area contributed by atoms with Gasteiger partial charge in [0.25, 0.3) is 11.5 Å². The molecule has 0 spiro atoms. The lowest BCUT2D eigenvalue weighted by atomic mass is 10.1. The molecule has 6 heteroatoms. The summed E-state index contributed by atoms with van der Waals surface area (Å²) >= 11 is 0. The number of nitrogens with one attached hydrogen (secondary N) is 1. The van der Waals surface area contributed by atoms with Gasteiger partial charge in [0.2, 0.25) is 0 Å². The molecule has 19 heavy (non-hydrogen) atoms. The number of aromatic amines is 1. The minimum atomic E-state index is -0.194. The van der Waals surface area contributed by atoms with E-state index in [1.165, 1.54) is 17.0 Å². The third-order valence-corrected chi connectivity index (χ3v) is 3.50. The van der Waals surface area contributed by atoms with Gasteiger partial charge in [0.15, 0.2) is 5.65 Å². The number of hydrogen-bond donors (Lipinski definition) is 1. The number of piperidine rings is 1.